The van der Waals surface area contributed by atoms with E-state index in [4.69, 9.17) is 4.42 Å². The predicted molar refractivity (Wildman–Crippen MR) is 96.3 cm³/mol. The Morgan fingerprint density at radius 1 is 0.917 bits per heavy atom. The number of piperazine rings is 1. The van der Waals surface area contributed by atoms with Crippen LogP contribution in [0.1, 0.15) is 12.8 Å². The number of unbranched alkanes of at least 4 members (excludes halogenated alkanes) is 1. The lowest BCUT2D eigenvalue weighted by molar-refractivity contribution is 0.248. The van der Waals surface area contributed by atoms with E-state index in [1.807, 2.05) is 24.5 Å². The molecule has 0 aliphatic carbocycles. The van der Waals surface area contributed by atoms with Gasteiger partial charge in [-0.1, -0.05) is 12.1 Å². The molecule has 3 heterocycles. The number of hydrogen-bond acceptors (Lipinski definition) is 4. The molecule has 0 bridgehead atoms. The van der Waals surface area contributed by atoms with Crippen molar-refractivity contribution in [1.82, 2.24) is 14.5 Å². The Balaban J connectivity index is 1.20. The fourth-order valence-corrected chi connectivity index (χ4v) is 3.45. The lowest BCUT2D eigenvalue weighted by Crippen LogP contribution is -2.46. The Labute approximate surface area is 142 Å². The molecule has 0 amide bonds. The van der Waals surface area contributed by atoms with Gasteiger partial charge in [-0.15, -0.1) is 0 Å². The quantitative estimate of drug-likeness (QED) is 0.653. The van der Waals surface area contributed by atoms with Crippen LogP contribution in [0.3, 0.4) is 0 Å². The van der Waals surface area contributed by atoms with Crippen LogP contribution in [0.15, 0.2) is 53.4 Å². The van der Waals surface area contributed by atoms with Crippen molar-refractivity contribution in [2.45, 2.75) is 19.4 Å². The second kappa shape index (κ2) is 7.09. The molecule has 1 aliphatic rings. The van der Waals surface area contributed by atoms with Gasteiger partial charge in [-0.2, -0.15) is 0 Å². The highest BCUT2D eigenvalue weighted by molar-refractivity contribution is 5.74. The number of imidazole rings is 1. The van der Waals surface area contributed by atoms with Crippen molar-refractivity contribution in [1.29, 1.82) is 0 Å². The summed E-state index contributed by atoms with van der Waals surface area (Å²) < 4.78 is 7.75. The fourth-order valence-electron chi connectivity index (χ4n) is 3.45. The summed E-state index contributed by atoms with van der Waals surface area (Å²) in [4.78, 5) is 9.35. The van der Waals surface area contributed by atoms with E-state index in [0.717, 1.165) is 44.1 Å². The van der Waals surface area contributed by atoms with E-state index < -0.39 is 0 Å². The average Bonchev–Trinajstić information content (AvgIpc) is 3.30. The van der Waals surface area contributed by atoms with Crippen LogP contribution in [0.4, 0.5) is 5.88 Å². The van der Waals surface area contributed by atoms with Crippen LogP contribution in [0.5, 0.6) is 0 Å². The fraction of sp³-hybridized carbons (Fsp3) is 0.421. The Morgan fingerprint density at radius 3 is 2.58 bits per heavy atom. The van der Waals surface area contributed by atoms with E-state index in [-0.39, 0.29) is 0 Å². The molecule has 1 aromatic carbocycles. The lowest BCUT2D eigenvalue weighted by Gasteiger charge is -2.34. The molecule has 2 aromatic heterocycles. The van der Waals surface area contributed by atoms with Gasteiger partial charge in [0.1, 0.15) is 0 Å². The molecule has 5 heteroatoms. The third-order valence-corrected chi connectivity index (χ3v) is 4.84. The zero-order valence-electron chi connectivity index (χ0n) is 14.0. The molecule has 126 valence electrons. The molecule has 1 saturated heterocycles. The summed E-state index contributed by atoms with van der Waals surface area (Å²) in [5, 5.41) is 0. The van der Waals surface area contributed by atoms with Crippen molar-refractivity contribution in [2.24, 2.45) is 0 Å². The highest BCUT2D eigenvalue weighted by Crippen LogP contribution is 2.17. The SMILES string of the molecule is c1coc(N2CCN(CCCCn3cnc4ccccc43)CC2)c1. The van der Waals surface area contributed by atoms with Crippen molar-refractivity contribution in [2.75, 3.05) is 37.6 Å². The Hall–Kier alpha value is -2.27. The number of rotatable bonds is 6. The van der Waals surface area contributed by atoms with Gasteiger partial charge in [-0.3, -0.25) is 4.90 Å². The molecule has 24 heavy (non-hydrogen) atoms. The average molecular weight is 324 g/mol. The second-order valence-electron chi connectivity index (χ2n) is 6.41. The van der Waals surface area contributed by atoms with E-state index in [1.54, 1.807) is 6.26 Å². The minimum absolute atomic E-state index is 1.00. The molecular weight excluding hydrogens is 300 g/mol. The number of anilines is 1. The number of para-hydroxylation sites is 2. The number of aryl methyl sites for hydroxylation is 1. The molecule has 1 aliphatic heterocycles. The zero-order valence-corrected chi connectivity index (χ0v) is 14.0. The Bertz CT molecular complexity index is 757. The Morgan fingerprint density at radius 2 is 1.75 bits per heavy atom. The normalized spacial score (nSPS) is 16.1. The van der Waals surface area contributed by atoms with Crippen LogP contribution in [0, 0.1) is 0 Å². The van der Waals surface area contributed by atoms with Crippen LogP contribution in [0.25, 0.3) is 11.0 Å². The largest absolute Gasteiger partial charge is 0.449 e. The van der Waals surface area contributed by atoms with E-state index in [1.165, 1.54) is 24.9 Å². The van der Waals surface area contributed by atoms with Crippen molar-refractivity contribution in [3.63, 3.8) is 0 Å². The summed E-state index contributed by atoms with van der Waals surface area (Å²) in [6.07, 6.45) is 6.14. The number of furan rings is 1. The maximum Gasteiger partial charge on any atom is 0.195 e. The number of hydrogen-bond donors (Lipinski definition) is 0. The standard InChI is InChI=1S/C19H24N4O/c1-2-7-18-17(6-1)20-16-23(18)10-4-3-9-21-11-13-22(14-12-21)19-8-5-15-24-19/h1-2,5-8,15-16H,3-4,9-14H2. The van der Waals surface area contributed by atoms with Crippen molar-refractivity contribution in [3.8, 4) is 0 Å². The van der Waals surface area contributed by atoms with Gasteiger partial charge in [-0.05, 0) is 37.6 Å². The molecule has 0 saturated carbocycles. The monoisotopic (exact) mass is 324 g/mol. The molecule has 0 N–H and O–H groups in total. The molecule has 0 radical (unpaired) electrons. The van der Waals surface area contributed by atoms with Gasteiger partial charge in [0, 0.05) is 38.8 Å². The van der Waals surface area contributed by atoms with Crippen LogP contribution in [-0.4, -0.2) is 47.2 Å². The first-order valence-electron chi connectivity index (χ1n) is 8.81. The molecule has 0 spiro atoms. The summed E-state index contributed by atoms with van der Waals surface area (Å²) >= 11 is 0. The minimum Gasteiger partial charge on any atom is -0.449 e. The number of fused-ring (bicyclic) bond motifs is 1. The molecule has 4 rings (SSSR count). The summed E-state index contributed by atoms with van der Waals surface area (Å²) in [5.41, 5.74) is 2.33. The Kier molecular flexibility index (Phi) is 4.51. The third-order valence-electron chi connectivity index (χ3n) is 4.84. The van der Waals surface area contributed by atoms with Crippen LogP contribution < -0.4 is 4.90 Å². The first kappa shape index (κ1) is 15.3. The first-order chi connectivity index (χ1) is 11.9. The molecule has 0 atom stereocenters. The van der Waals surface area contributed by atoms with E-state index in [9.17, 15) is 0 Å². The van der Waals surface area contributed by atoms with Crippen LogP contribution >= 0.6 is 0 Å². The summed E-state index contributed by atoms with van der Waals surface area (Å²) in [6.45, 7) is 6.58. The van der Waals surface area contributed by atoms with Crippen molar-refractivity contribution < 1.29 is 4.42 Å². The van der Waals surface area contributed by atoms with Crippen molar-refractivity contribution >= 4 is 16.9 Å². The molecule has 5 nitrogen and oxygen atoms in total. The van der Waals surface area contributed by atoms with Crippen LogP contribution in [0.2, 0.25) is 0 Å². The number of nitrogens with zero attached hydrogens (tertiary/aromatic N) is 4. The summed E-state index contributed by atoms with van der Waals surface area (Å²) in [6, 6.07) is 12.4. The molecule has 0 unspecified atom stereocenters. The zero-order chi connectivity index (χ0) is 16.2. The smallest absolute Gasteiger partial charge is 0.195 e. The van der Waals surface area contributed by atoms with E-state index >= 15 is 0 Å². The van der Waals surface area contributed by atoms with E-state index in [2.05, 4.69) is 37.5 Å². The highest BCUT2D eigenvalue weighted by atomic mass is 16.3. The van der Waals surface area contributed by atoms with Gasteiger partial charge < -0.3 is 13.9 Å². The van der Waals surface area contributed by atoms with Gasteiger partial charge in [-0.25, -0.2) is 4.98 Å². The summed E-state index contributed by atoms with van der Waals surface area (Å²) in [7, 11) is 0. The first-order valence-corrected chi connectivity index (χ1v) is 8.81. The minimum atomic E-state index is 1.00. The van der Waals surface area contributed by atoms with Gasteiger partial charge in [0.2, 0.25) is 0 Å². The van der Waals surface area contributed by atoms with Crippen molar-refractivity contribution in [3.05, 3.63) is 49.0 Å². The maximum absolute atomic E-state index is 5.48. The molecule has 1 fully saturated rings. The predicted octanol–water partition coefficient (Wildman–Crippen LogP) is 3.23. The molecular formula is C19H24N4O. The van der Waals surface area contributed by atoms with E-state index in [0.29, 0.717) is 0 Å². The van der Waals surface area contributed by atoms with Gasteiger partial charge in [0.15, 0.2) is 5.88 Å². The van der Waals surface area contributed by atoms with Gasteiger partial charge >= 0.3 is 0 Å². The topological polar surface area (TPSA) is 37.4 Å². The lowest BCUT2D eigenvalue weighted by atomic mass is 10.2. The highest BCUT2D eigenvalue weighted by Gasteiger charge is 2.18. The number of aromatic nitrogens is 2. The number of benzene rings is 1. The summed E-state index contributed by atoms with van der Waals surface area (Å²) in [5.74, 6) is 1.00. The third kappa shape index (κ3) is 3.31. The van der Waals surface area contributed by atoms with Crippen LogP contribution in [-0.2, 0) is 6.54 Å². The second-order valence-corrected chi connectivity index (χ2v) is 6.41. The van der Waals surface area contributed by atoms with Gasteiger partial charge in [0.25, 0.3) is 0 Å². The maximum atomic E-state index is 5.48. The molecule has 3 aromatic rings. The van der Waals surface area contributed by atoms with Gasteiger partial charge in [0.05, 0.1) is 23.6 Å².